The SMILES string of the molecule is CC1CC1c1ccc(CNC(=O)N2CCC3CCC(C2)N3C)o1. The summed E-state index contributed by atoms with van der Waals surface area (Å²) in [6.07, 6.45) is 4.81. The van der Waals surface area contributed by atoms with Crippen LogP contribution in [0.2, 0.25) is 0 Å². The van der Waals surface area contributed by atoms with Crippen molar-refractivity contribution in [3.8, 4) is 0 Å². The molecule has 2 amide bonds. The fraction of sp³-hybridized carbons (Fsp3) is 0.722. The number of furan rings is 1. The summed E-state index contributed by atoms with van der Waals surface area (Å²) in [6, 6.07) is 5.29. The van der Waals surface area contributed by atoms with Gasteiger partial charge in [-0.3, -0.25) is 4.90 Å². The van der Waals surface area contributed by atoms with Crippen molar-refractivity contribution in [2.45, 2.75) is 57.2 Å². The van der Waals surface area contributed by atoms with E-state index in [1.165, 1.54) is 19.3 Å². The predicted octanol–water partition coefficient (Wildman–Crippen LogP) is 2.78. The molecule has 0 spiro atoms. The molecule has 23 heavy (non-hydrogen) atoms. The van der Waals surface area contributed by atoms with Gasteiger partial charge in [-0.15, -0.1) is 0 Å². The molecule has 1 saturated carbocycles. The number of nitrogens with one attached hydrogen (secondary N) is 1. The van der Waals surface area contributed by atoms with E-state index in [0.717, 1.165) is 36.9 Å². The first-order valence-corrected chi connectivity index (χ1v) is 8.95. The second kappa shape index (κ2) is 5.86. The van der Waals surface area contributed by atoms with Crippen molar-refractivity contribution in [2.75, 3.05) is 20.1 Å². The quantitative estimate of drug-likeness (QED) is 0.932. The topological polar surface area (TPSA) is 48.7 Å². The Hall–Kier alpha value is -1.49. The highest BCUT2D eigenvalue weighted by atomic mass is 16.3. The molecule has 5 nitrogen and oxygen atoms in total. The summed E-state index contributed by atoms with van der Waals surface area (Å²) in [6.45, 7) is 4.45. The van der Waals surface area contributed by atoms with Crippen LogP contribution in [0.15, 0.2) is 16.5 Å². The molecule has 4 rings (SSSR count). The Labute approximate surface area is 138 Å². The summed E-state index contributed by atoms with van der Waals surface area (Å²) in [5.74, 6) is 3.28. The van der Waals surface area contributed by atoms with E-state index in [9.17, 15) is 4.79 Å². The van der Waals surface area contributed by atoms with E-state index >= 15 is 0 Å². The maximum Gasteiger partial charge on any atom is 0.317 e. The van der Waals surface area contributed by atoms with Crippen LogP contribution in [0, 0.1) is 5.92 Å². The van der Waals surface area contributed by atoms with Gasteiger partial charge in [0.25, 0.3) is 0 Å². The molecule has 1 N–H and O–H groups in total. The number of nitrogens with zero attached hydrogens (tertiary/aromatic N) is 2. The molecule has 3 fully saturated rings. The maximum atomic E-state index is 12.5. The minimum atomic E-state index is 0.0451. The van der Waals surface area contributed by atoms with Gasteiger partial charge in [0.1, 0.15) is 11.5 Å². The third-order valence-corrected chi connectivity index (χ3v) is 6.01. The van der Waals surface area contributed by atoms with Gasteiger partial charge < -0.3 is 14.6 Å². The number of fused-ring (bicyclic) bond motifs is 2. The maximum absolute atomic E-state index is 12.5. The van der Waals surface area contributed by atoms with Crippen molar-refractivity contribution in [3.63, 3.8) is 0 Å². The summed E-state index contributed by atoms with van der Waals surface area (Å²) in [7, 11) is 2.20. The van der Waals surface area contributed by atoms with E-state index < -0.39 is 0 Å². The minimum Gasteiger partial charge on any atom is -0.464 e. The first-order valence-electron chi connectivity index (χ1n) is 8.95. The third-order valence-electron chi connectivity index (χ3n) is 6.01. The number of hydrogen-bond acceptors (Lipinski definition) is 3. The lowest BCUT2D eigenvalue weighted by atomic mass is 10.1. The fourth-order valence-corrected chi connectivity index (χ4v) is 4.18. The molecule has 0 radical (unpaired) electrons. The average Bonchev–Trinajstić information content (AvgIpc) is 2.95. The van der Waals surface area contributed by atoms with Gasteiger partial charge in [0, 0.05) is 31.1 Å². The lowest BCUT2D eigenvalue weighted by Crippen LogP contribution is -2.44. The summed E-state index contributed by atoms with van der Waals surface area (Å²) in [5.41, 5.74) is 0. The van der Waals surface area contributed by atoms with Crippen molar-refractivity contribution in [1.82, 2.24) is 15.1 Å². The van der Waals surface area contributed by atoms with Crippen LogP contribution in [0.4, 0.5) is 4.79 Å². The molecule has 2 saturated heterocycles. The number of carbonyl (C=O) groups is 1. The molecule has 3 aliphatic rings. The van der Waals surface area contributed by atoms with Crippen LogP contribution < -0.4 is 5.32 Å². The molecule has 5 heteroatoms. The Morgan fingerprint density at radius 1 is 1.30 bits per heavy atom. The number of likely N-dealkylation sites (tertiary alicyclic amines) is 1. The van der Waals surface area contributed by atoms with Gasteiger partial charge in [-0.1, -0.05) is 6.92 Å². The van der Waals surface area contributed by atoms with E-state index in [0.29, 0.717) is 24.5 Å². The normalized spacial score (nSPS) is 33.6. The minimum absolute atomic E-state index is 0.0451. The van der Waals surface area contributed by atoms with E-state index in [4.69, 9.17) is 4.42 Å². The van der Waals surface area contributed by atoms with E-state index in [2.05, 4.69) is 30.3 Å². The van der Waals surface area contributed by atoms with Crippen LogP contribution in [0.25, 0.3) is 0 Å². The molecule has 1 aromatic heterocycles. The number of hydrogen-bond donors (Lipinski definition) is 1. The second-order valence-electron chi connectivity index (χ2n) is 7.57. The smallest absolute Gasteiger partial charge is 0.317 e. The lowest BCUT2D eigenvalue weighted by molar-refractivity contribution is 0.187. The first kappa shape index (κ1) is 15.1. The Morgan fingerprint density at radius 2 is 2.09 bits per heavy atom. The van der Waals surface area contributed by atoms with E-state index in [1.54, 1.807) is 0 Å². The van der Waals surface area contributed by atoms with Gasteiger partial charge in [0.05, 0.1) is 6.54 Å². The Bertz CT molecular complexity index is 585. The molecule has 4 atom stereocenters. The zero-order chi connectivity index (χ0) is 16.0. The standard InChI is InChI=1S/C18H27N3O2/c1-12-9-16(12)17-6-5-15(23-17)10-19-18(22)21-8-7-13-3-4-14(11-21)20(13)2/h5-6,12-14,16H,3-4,7-11H2,1-2H3,(H,19,22). The number of urea groups is 1. The molecule has 1 aliphatic carbocycles. The number of rotatable bonds is 3. The third kappa shape index (κ3) is 2.99. The molecule has 0 aromatic carbocycles. The monoisotopic (exact) mass is 317 g/mol. The van der Waals surface area contributed by atoms with Crippen molar-refractivity contribution in [1.29, 1.82) is 0 Å². The van der Waals surface area contributed by atoms with Gasteiger partial charge >= 0.3 is 6.03 Å². The highest BCUT2D eigenvalue weighted by molar-refractivity contribution is 5.74. The Morgan fingerprint density at radius 3 is 2.87 bits per heavy atom. The fourth-order valence-electron chi connectivity index (χ4n) is 4.18. The van der Waals surface area contributed by atoms with Crippen molar-refractivity contribution < 1.29 is 9.21 Å². The molecule has 2 aliphatic heterocycles. The molecule has 3 heterocycles. The number of carbonyl (C=O) groups excluding carboxylic acids is 1. The molecule has 1 aromatic rings. The van der Waals surface area contributed by atoms with Gasteiger partial charge in [-0.25, -0.2) is 4.79 Å². The molecule has 126 valence electrons. The summed E-state index contributed by atoms with van der Waals surface area (Å²) < 4.78 is 5.87. The molecule has 4 unspecified atom stereocenters. The van der Waals surface area contributed by atoms with Crippen LogP contribution >= 0.6 is 0 Å². The van der Waals surface area contributed by atoms with Crippen LogP contribution in [-0.4, -0.2) is 48.1 Å². The van der Waals surface area contributed by atoms with Crippen LogP contribution in [0.1, 0.15) is 50.0 Å². The van der Waals surface area contributed by atoms with E-state index in [-0.39, 0.29) is 6.03 Å². The van der Waals surface area contributed by atoms with Gasteiger partial charge in [-0.2, -0.15) is 0 Å². The molecular weight excluding hydrogens is 290 g/mol. The van der Waals surface area contributed by atoms with Crippen LogP contribution in [0.5, 0.6) is 0 Å². The second-order valence-corrected chi connectivity index (χ2v) is 7.57. The predicted molar refractivity (Wildman–Crippen MR) is 88.2 cm³/mol. The zero-order valence-electron chi connectivity index (χ0n) is 14.1. The van der Waals surface area contributed by atoms with Crippen molar-refractivity contribution in [2.24, 2.45) is 5.92 Å². The summed E-state index contributed by atoms with van der Waals surface area (Å²) in [4.78, 5) is 16.9. The first-order chi connectivity index (χ1) is 11.1. The van der Waals surface area contributed by atoms with Gasteiger partial charge in [0.15, 0.2) is 0 Å². The van der Waals surface area contributed by atoms with Crippen molar-refractivity contribution in [3.05, 3.63) is 23.7 Å². The highest BCUT2D eigenvalue weighted by Crippen LogP contribution is 2.47. The van der Waals surface area contributed by atoms with Gasteiger partial charge in [-0.05, 0) is 50.8 Å². The average molecular weight is 317 g/mol. The Balaban J connectivity index is 1.30. The van der Waals surface area contributed by atoms with Crippen molar-refractivity contribution >= 4 is 6.03 Å². The number of amides is 2. The largest absolute Gasteiger partial charge is 0.464 e. The van der Waals surface area contributed by atoms with Gasteiger partial charge in [0.2, 0.25) is 0 Å². The van der Waals surface area contributed by atoms with Crippen LogP contribution in [-0.2, 0) is 6.54 Å². The Kier molecular flexibility index (Phi) is 3.84. The summed E-state index contributed by atoms with van der Waals surface area (Å²) in [5, 5.41) is 3.03. The van der Waals surface area contributed by atoms with E-state index in [1.807, 2.05) is 11.0 Å². The lowest BCUT2D eigenvalue weighted by Gasteiger charge is -2.25. The van der Waals surface area contributed by atoms with Crippen LogP contribution in [0.3, 0.4) is 0 Å². The molecular formula is C18H27N3O2. The highest BCUT2D eigenvalue weighted by Gasteiger charge is 2.37. The zero-order valence-corrected chi connectivity index (χ0v) is 14.1. The summed E-state index contributed by atoms with van der Waals surface area (Å²) >= 11 is 0. The number of likely N-dealkylation sites (N-methyl/N-ethyl adjacent to an activating group) is 1. The molecule has 2 bridgehead atoms.